The Morgan fingerprint density at radius 2 is 1.48 bits per heavy atom. The van der Waals surface area contributed by atoms with Crippen LogP contribution in [0, 0.1) is 0 Å². The fourth-order valence-electron chi connectivity index (χ4n) is 1.86. The predicted molar refractivity (Wildman–Crippen MR) is 89.9 cm³/mol. The Kier molecular flexibility index (Phi) is 13.0. The molecule has 0 fully saturated rings. The van der Waals surface area contributed by atoms with Gasteiger partial charge in [0.05, 0.1) is 12.2 Å². The molecule has 0 atom stereocenters. The highest BCUT2D eigenvalue weighted by Gasteiger charge is 2.13. The van der Waals surface area contributed by atoms with E-state index in [0.29, 0.717) is 19.4 Å². The molecule has 0 rings (SSSR count). The summed E-state index contributed by atoms with van der Waals surface area (Å²) in [4.78, 5) is 23.2. The van der Waals surface area contributed by atoms with Crippen LogP contribution in [0.2, 0.25) is 0 Å². The zero-order chi connectivity index (χ0) is 17.5. The van der Waals surface area contributed by atoms with E-state index in [-0.39, 0.29) is 24.4 Å². The third-order valence-corrected chi connectivity index (χ3v) is 3.32. The molecule has 0 saturated heterocycles. The molecule has 5 nitrogen and oxygen atoms in total. The first-order valence-electron chi connectivity index (χ1n) is 8.33. The maximum absolute atomic E-state index is 11.7. The van der Waals surface area contributed by atoms with Crippen molar-refractivity contribution in [1.82, 2.24) is 0 Å². The van der Waals surface area contributed by atoms with Crippen LogP contribution in [-0.4, -0.2) is 36.9 Å². The molecule has 5 heteroatoms. The van der Waals surface area contributed by atoms with E-state index < -0.39 is 11.9 Å². The van der Waals surface area contributed by atoms with Gasteiger partial charge in [0.15, 0.2) is 0 Å². The average Bonchev–Trinajstić information content (AvgIpc) is 2.55. The molecule has 0 unspecified atom stereocenters. The summed E-state index contributed by atoms with van der Waals surface area (Å²) in [6, 6.07) is 0. The lowest BCUT2D eigenvalue weighted by Crippen LogP contribution is -2.16. The van der Waals surface area contributed by atoms with E-state index in [1.54, 1.807) is 0 Å². The number of hydrogen-bond acceptors (Lipinski definition) is 5. The highest BCUT2D eigenvalue weighted by Crippen LogP contribution is 2.07. The zero-order valence-corrected chi connectivity index (χ0v) is 14.3. The fraction of sp³-hybridized carbons (Fsp3) is 0.667. The predicted octanol–water partition coefficient (Wildman–Crippen LogP) is 3.32. The van der Waals surface area contributed by atoms with Crippen molar-refractivity contribution in [2.24, 2.45) is 0 Å². The Morgan fingerprint density at radius 1 is 0.870 bits per heavy atom. The van der Waals surface area contributed by atoms with Crippen LogP contribution in [0.5, 0.6) is 0 Å². The molecule has 23 heavy (non-hydrogen) atoms. The van der Waals surface area contributed by atoms with E-state index >= 15 is 0 Å². The number of esters is 2. The highest BCUT2D eigenvalue weighted by molar-refractivity contribution is 5.90. The number of ether oxygens (including phenoxy) is 2. The summed E-state index contributed by atoms with van der Waals surface area (Å²) < 4.78 is 10.0. The summed E-state index contributed by atoms with van der Waals surface area (Å²) in [6.45, 7) is 9.46. The summed E-state index contributed by atoms with van der Waals surface area (Å²) in [5, 5.41) is 8.68. The van der Waals surface area contributed by atoms with Crippen LogP contribution >= 0.6 is 0 Å². The smallest absolute Gasteiger partial charge is 0.336 e. The van der Waals surface area contributed by atoms with Crippen molar-refractivity contribution < 1.29 is 24.2 Å². The van der Waals surface area contributed by atoms with E-state index in [1.165, 1.54) is 19.3 Å². The molecule has 0 aliphatic rings. The maximum atomic E-state index is 11.7. The average molecular weight is 326 g/mol. The quantitative estimate of drug-likeness (QED) is 0.301. The van der Waals surface area contributed by atoms with E-state index in [9.17, 15) is 9.59 Å². The lowest BCUT2D eigenvalue weighted by molar-refractivity contribution is -0.142. The van der Waals surface area contributed by atoms with Gasteiger partial charge in [-0.15, -0.1) is 0 Å². The molecule has 0 aliphatic heterocycles. The zero-order valence-electron chi connectivity index (χ0n) is 14.3. The van der Waals surface area contributed by atoms with Gasteiger partial charge in [-0.25, -0.2) is 9.59 Å². The Morgan fingerprint density at radius 3 is 2.13 bits per heavy atom. The van der Waals surface area contributed by atoms with Crippen molar-refractivity contribution in [3.8, 4) is 0 Å². The molecule has 132 valence electrons. The van der Waals surface area contributed by atoms with Crippen LogP contribution in [0.1, 0.15) is 58.3 Å². The third-order valence-electron chi connectivity index (χ3n) is 3.32. The molecule has 0 heterocycles. The molecular weight excluding hydrogens is 296 g/mol. The second-order valence-corrected chi connectivity index (χ2v) is 5.51. The topological polar surface area (TPSA) is 72.8 Å². The van der Waals surface area contributed by atoms with Crippen molar-refractivity contribution in [2.45, 2.75) is 58.3 Å². The van der Waals surface area contributed by atoms with Gasteiger partial charge < -0.3 is 14.6 Å². The largest absolute Gasteiger partial charge is 0.462 e. The minimum absolute atomic E-state index is 0.0101. The van der Waals surface area contributed by atoms with Gasteiger partial charge in [-0.1, -0.05) is 52.2 Å². The molecule has 1 N–H and O–H groups in total. The van der Waals surface area contributed by atoms with E-state index in [0.717, 1.165) is 19.3 Å². The molecule has 0 radical (unpaired) electrons. The second-order valence-electron chi connectivity index (χ2n) is 5.51. The molecule has 0 aliphatic carbocycles. The monoisotopic (exact) mass is 326 g/mol. The summed E-state index contributed by atoms with van der Waals surface area (Å²) in [7, 11) is 0. The van der Waals surface area contributed by atoms with Gasteiger partial charge in [-0.05, 0) is 19.3 Å². The van der Waals surface area contributed by atoms with Crippen LogP contribution in [0.3, 0.4) is 0 Å². The SMILES string of the molecule is C=C(CCCO)C(=O)OCC(=C)C(=O)OCCCCCCCC. The Hall–Kier alpha value is -1.62. The molecular formula is C18H30O5. The van der Waals surface area contributed by atoms with Crippen LogP contribution in [-0.2, 0) is 19.1 Å². The first-order valence-corrected chi connectivity index (χ1v) is 8.33. The van der Waals surface area contributed by atoms with Gasteiger partial charge >= 0.3 is 11.9 Å². The highest BCUT2D eigenvalue weighted by atomic mass is 16.5. The third kappa shape index (κ3) is 11.6. The Bertz CT molecular complexity index is 387. The molecule has 0 aromatic rings. The van der Waals surface area contributed by atoms with Crippen molar-refractivity contribution in [1.29, 1.82) is 0 Å². The molecule has 0 spiro atoms. The number of rotatable bonds is 14. The molecule has 0 amide bonds. The normalized spacial score (nSPS) is 10.2. The lowest BCUT2D eigenvalue weighted by atomic mass is 10.1. The van der Waals surface area contributed by atoms with Crippen LogP contribution in [0.25, 0.3) is 0 Å². The summed E-state index contributed by atoms with van der Waals surface area (Å²) >= 11 is 0. The number of aliphatic hydroxyl groups excluding tert-OH is 1. The fourth-order valence-corrected chi connectivity index (χ4v) is 1.86. The van der Waals surface area contributed by atoms with Crippen molar-refractivity contribution in [3.63, 3.8) is 0 Å². The molecule has 0 saturated carbocycles. The van der Waals surface area contributed by atoms with Crippen LogP contribution in [0.15, 0.2) is 24.3 Å². The number of carbonyl (C=O) groups is 2. The Balaban J connectivity index is 3.75. The molecule has 0 aromatic carbocycles. The van der Waals surface area contributed by atoms with Crippen LogP contribution in [0.4, 0.5) is 0 Å². The first-order chi connectivity index (χ1) is 11.0. The van der Waals surface area contributed by atoms with Crippen molar-refractivity contribution >= 4 is 11.9 Å². The van der Waals surface area contributed by atoms with Gasteiger partial charge in [0.25, 0.3) is 0 Å². The van der Waals surface area contributed by atoms with Crippen molar-refractivity contribution in [3.05, 3.63) is 24.3 Å². The molecule has 0 bridgehead atoms. The Labute approximate surface area is 139 Å². The van der Waals surface area contributed by atoms with Gasteiger partial charge in [-0.2, -0.15) is 0 Å². The van der Waals surface area contributed by atoms with Crippen LogP contribution < -0.4 is 0 Å². The van der Waals surface area contributed by atoms with Gasteiger partial charge in [0.1, 0.15) is 6.61 Å². The number of hydrogen-bond donors (Lipinski definition) is 1. The minimum atomic E-state index is -0.580. The second kappa shape index (κ2) is 14.0. The number of unbranched alkanes of at least 4 members (excludes halogenated alkanes) is 5. The maximum Gasteiger partial charge on any atom is 0.336 e. The van der Waals surface area contributed by atoms with E-state index in [2.05, 4.69) is 20.1 Å². The van der Waals surface area contributed by atoms with Crippen molar-refractivity contribution in [2.75, 3.05) is 19.8 Å². The lowest BCUT2D eigenvalue weighted by Gasteiger charge is -2.09. The standard InChI is InChI=1S/C18H30O5/c1-4-5-6-7-8-9-13-22-18(21)16(3)14-23-17(20)15(2)11-10-12-19/h19H,2-14H2,1H3. The van der Waals surface area contributed by atoms with Gasteiger partial charge in [-0.3, -0.25) is 0 Å². The van der Waals surface area contributed by atoms with E-state index in [1.807, 2.05) is 0 Å². The summed E-state index contributed by atoms with van der Waals surface area (Å²) in [6.07, 6.45) is 7.51. The van der Waals surface area contributed by atoms with Gasteiger partial charge in [0, 0.05) is 12.2 Å². The number of aliphatic hydroxyl groups is 1. The number of carbonyl (C=O) groups excluding carboxylic acids is 2. The van der Waals surface area contributed by atoms with E-state index in [4.69, 9.17) is 14.6 Å². The van der Waals surface area contributed by atoms with Gasteiger partial charge in [0.2, 0.25) is 0 Å². The first kappa shape index (κ1) is 21.4. The minimum Gasteiger partial charge on any atom is -0.462 e. The summed E-state index contributed by atoms with van der Waals surface area (Å²) in [5.74, 6) is -1.12. The molecule has 0 aromatic heterocycles. The summed E-state index contributed by atoms with van der Waals surface area (Å²) in [5.41, 5.74) is 0.381.